The molecule has 1 amide bonds. The van der Waals surface area contributed by atoms with Gasteiger partial charge in [-0.05, 0) is 95.1 Å². The van der Waals surface area contributed by atoms with Gasteiger partial charge in [-0.3, -0.25) is 4.90 Å². The predicted octanol–water partition coefficient (Wildman–Crippen LogP) is 5.79. The first-order chi connectivity index (χ1) is 20.1. The average Bonchev–Trinajstić information content (AvgIpc) is 3.26. The Balaban J connectivity index is 1.38. The molecule has 2 heterocycles. The van der Waals surface area contributed by atoms with Gasteiger partial charge in [-0.25, -0.2) is 14.2 Å². The Bertz CT molecular complexity index is 1300. The zero-order valence-corrected chi connectivity index (χ0v) is 25.6. The fourth-order valence-electron chi connectivity index (χ4n) is 5.32. The first-order valence-corrected chi connectivity index (χ1v) is 14.8. The molecule has 2 atom stereocenters. The van der Waals surface area contributed by atoms with Gasteiger partial charge in [0, 0.05) is 31.2 Å². The van der Waals surface area contributed by atoms with Crippen LogP contribution >= 0.6 is 0 Å². The molecule has 3 aromatic rings. The van der Waals surface area contributed by atoms with Gasteiger partial charge in [0.15, 0.2) is 0 Å². The second kappa shape index (κ2) is 14.7. The minimum atomic E-state index is -0.619. The fourth-order valence-corrected chi connectivity index (χ4v) is 5.32. The third-order valence-corrected chi connectivity index (χ3v) is 7.21. The predicted molar refractivity (Wildman–Crippen MR) is 165 cm³/mol. The highest BCUT2D eigenvalue weighted by molar-refractivity contribution is 5.86. The summed E-state index contributed by atoms with van der Waals surface area (Å²) < 4.78 is 25.5. The zero-order valence-electron chi connectivity index (χ0n) is 25.6. The number of pyridine rings is 1. The Labute approximate surface area is 250 Å². The van der Waals surface area contributed by atoms with E-state index in [9.17, 15) is 9.18 Å². The number of carbonyl (C=O) groups excluding carboxylic acids is 1. The molecular formula is C34H45FN4O3. The number of likely N-dealkylation sites (tertiary alicyclic amines) is 1. The number of carbonyl (C=O) groups is 1. The molecule has 1 aliphatic heterocycles. The quantitative estimate of drug-likeness (QED) is 0.275. The monoisotopic (exact) mass is 576 g/mol. The Morgan fingerprint density at radius 1 is 1.05 bits per heavy atom. The second-order valence-electron chi connectivity index (χ2n) is 12.3. The number of halogens is 1. The number of benzene rings is 2. The standard InChI is InChI=1S/C34H45FN4O3/c1-25-18-30(37-32(19-25)39(33(40)42-34(2,3)4)22-27-10-7-6-8-11-27)21-28-23-38(5)24-31(28)41-17-16-36-15-14-26-12-9-13-29(35)20-26/h6-13,18-20,28,31,36H,14-17,21-24H2,1-5H3/t28-,31+/m0/s1. The third-order valence-electron chi connectivity index (χ3n) is 7.21. The van der Waals surface area contributed by atoms with Crippen molar-refractivity contribution in [1.29, 1.82) is 0 Å². The van der Waals surface area contributed by atoms with Gasteiger partial charge in [0.2, 0.25) is 0 Å². The van der Waals surface area contributed by atoms with Gasteiger partial charge in [0.1, 0.15) is 17.2 Å². The van der Waals surface area contributed by atoms with Crippen LogP contribution in [0.1, 0.15) is 43.2 Å². The number of rotatable bonds is 12. The fraction of sp³-hybridized carbons (Fsp3) is 0.471. The van der Waals surface area contributed by atoms with Crippen LogP contribution in [0, 0.1) is 18.7 Å². The number of ether oxygens (including phenoxy) is 2. The highest BCUT2D eigenvalue weighted by Crippen LogP contribution is 2.26. The molecule has 8 heteroatoms. The maximum absolute atomic E-state index is 13.4. The molecule has 7 nitrogen and oxygen atoms in total. The van der Waals surface area contributed by atoms with E-state index in [2.05, 4.69) is 23.3 Å². The Hall–Kier alpha value is -3.33. The number of amides is 1. The summed E-state index contributed by atoms with van der Waals surface area (Å²) in [7, 11) is 2.12. The first-order valence-electron chi connectivity index (χ1n) is 14.8. The van der Waals surface area contributed by atoms with Crippen molar-refractivity contribution in [2.75, 3.05) is 44.7 Å². The SMILES string of the molecule is Cc1cc(C[C@H]2CN(C)C[C@H]2OCCNCCc2cccc(F)c2)nc(N(Cc2ccccc2)C(=O)OC(C)(C)C)c1. The van der Waals surface area contributed by atoms with Gasteiger partial charge < -0.3 is 19.7 Å². The lowest BCUT2D eigenvalue weighted by atomic mass is 9.98. The number of hydrogen-bond donors (Lipinski definition) is 1. The molecular weight excluding hydrogens is 531 g/mol. The summed E-state index contributed by atoms with van der Waals surface area (Å²) in [5.41, 5.74) is 3.35. The van der Waals surface area contributed by atoms with Gasteiger partial charge in [0.25, 0.3) is 0 Å². The summed E-state index contributed by atoms with van der Waals surface area (Å²) in [5, 5.41) is 3.40. The Kier molecular flexibility index (Phi) is 11.1. The normalized spacial score (nSPS) is 17.4. The van der Waals surface area contributed by atoms with Crippen LogP contribution < -0.4 is 10.2 Å². The minimum Gasteiger partial charge on any atom is -0.443 e. The highest BCUT2D eigenvalue weighted by atomic mass is 19.1. The number of aromatic nitrogens is 1. The van der Waals surface area contributed by atoms with E-state index in [1.807, 2.05) is 70.2 Å². The summed E-state index contributed by atoms with van der Waals surface area (Å²) in [6.07, 6.45) is 1.21. The van der Waals surface area contributed by atoms with Gasteiger partial charge in [0.05, 0.1) is 19.3 Å². The van der Waals surface area contributed by atoms with E-state index in [0.29, 0.717) is 19.0 Å². The summed E-state index contributed by atoms with van der Waals surface area (Å²) >= 11 is 0. The highest BCUT2D eigenvalue weighted by Gasteiger charge is 2.32. The van der Waals surface area contributed by atoms with Crippen molar-refractivity contribution < 1.29 is 18.7 Å². The van der Waals surface area contributed by atoms with Crippen molar-refractivity contribution in [3.63, 3.8) is 0 Å². The first kappa shape index (κ1) is 31.6. The van der Waals surface area contributed by atoms with Crippen LogP contribution in [0.25, 0.3) is 0 Å². The maximum atomic E-state index is 13.4. The minimum absolute atomic E-state index is 0.0945. The summed E-state index contributed by atoms with van der Waals surface area (Å²) in [6.45, 7) is 11.9. The number of nitrogens with one attached hydrogen (secondary N) is 1. The number of aryl methyl sites for hydroxylation is 1. The van der Waals surface area contributed by atoms with Crippen LogP contribution in [0.5, 0.6) is 0 Å². The van der Waals surface area contributed by atoms with Gasteiger partial charge in [-0.2, -0.15) is 0 Å². The molecule has 0 unspecified atom stereocenters. The molecule has 0 radical (unpaired) electrons. The molecule has 4 rings (SSSR count). The molecule has 1 saturated heterocycles. The van der Waals surface area contributed by atoms with E-state index in [-0.39, 0.29) is 17.8 Å². The van der Waals surface area contributed by atoms with Gasteiger partial charge >= 0.3 is 6.09 Å². The van der Waals surface area contributed by atoms with Crippen LogP contribution in [0.15, 0.2) is 66.7 Å². The molecule has 1 aliphatic rings. The molecule has 226 valence electrons. The van der Waals surface area contributed by atoms with E-state index in [1.165, 1.54) is 6.07 Å². The van der Waals surface area contributed by atoms with Crippen molar-refractivity contribution in [3.05, 3.63) is 94.9 Å². The zero-order chi connectivity index (χ0) is 30.1. The van der Waals surface area contributed by atoms with Crippen molar-refractivity contribution in [1.82, 2.24) is 15.2 Å². The van der Waals surface area contributed by atoms with Gasteiger partial charge in [-0.1, -0.05) is 42.5 Å². The summed E-state index contributed by atoms with van der Waals surface area (Å²) in [6, 6.07) is 20.7. The lowest BCUT2D eigenvalue weighted by Crippen LogP contribution is -2.37. The number of nitrogens with zero attached hydrogens (tertiary/aromatic N) is 3. The molecule has 0 spiro atoms. The van der Waals surface area contributed by atoms with E-state index in [1.54, 1.807) is 17.0 Å². The van der Waals surface area contributed by atoms with Crippen LogP contribution in [-0.4, -0.2) is 67.5 Å². The van der Waals surface area contributed by atoms with Crippen LogP contribution in [-0.2, 0) is 28.9 Å². The van der Waals surface area contributed by atoms with Crippen molar-refractivity contribution >= 4 is 11.9 Å². The summed E-state index contributed by atoms with van der Waals surface area (Å²) in [5.74, 6) is 0.680. The van der Waals surface area contributed by atoms with Gasteiger partial charge in [-0.15, -0.1) is 0 Å². The maximum Gasteiger partial charge on any atom is 0.416 e. The van der Waals surface area contributed by atoms with Crippen molar-refractivity contribution in [2.24, 2.45) is 5.92 Å². The van der Waals surface area contributed by atoms with E-state index >= 15 is 0 Å². The molecule has 0 saturated carbocycles. The van der Waals surface area contributed by atoms with Crippen LogP contribution in [0.2, 0.25) is 0 Å². The van der Waals surface area contributed by atoms with E-state index in [4.69, 9.17) is 14.5 Å². The third kappa shape index (κ3) is 9.89. The van der Waals surface area contributed by atoms with E-state index in [0.717, 1.165) is 61.4 Å². The number of anilines is 1. The molecule has 0 bridgehead atoms. The summed E-state index contributed by atoms with van der Waals surface area (Å²) in [4.78, 5) is 22.2. The second-order valence-corrected chi connectivity index (χ2v) is 12.3. The largest absolute Gasteiger partial charge is 0.443 e. The van der Waals surface area contributed by atoms with Crippen LogP contribution in [0.3, 0.4) is 0 Å². The smallest absolute Gasteiger partial charge is 0.416 e. The lowest BCUT2D eigenvalue weighted by molar-refractivity contribution is 0.0368. The topological polar surface area (TPSA) is 66.9 Å². The number of likely N-dealkylation sites (N-methyl/N-ethyl adjacent to an activating group) is 1. The molecule has 2 aromatic carbocycles. The molecule has 1 fully saturated rings. The van der Waals surface area contributed by atoms with Crippen molar-refractivity contribution in [3.8, 4) is 0 Å². The average molecular weight is 577 g/mol. The Morgan fingerprint density at radius 2 is 1.81 bits per heavy atom. The van der Waals surface area contributed by atoms with Crippen molar-refractivity contribution in [2.45, 2.75) is 58.8 Å². The molecule has 42 heavy (non-hydrogen) atoms. The lowest BCUT2D eigenvalue weighted by Gasteiger charge is -2.27. The molecule has 1 N–H and O–H groups in total. The molecule has 1 aromatic heterocycles. The Morgan fingerprint density at radius 3 is 2.55 bits per heavy atom. The molecule has 0 aliphatic carbocycles. The van der Waals surface area contributed by atoms with E-state index < -0.39 is 11.7 Å². The number of hydrogen-bond acceptors (Lipinski definition) is 6. The van der Waals surface area contributed by atoms with Crippen LogP contribution in [0.4, 0.5) is 15.0 Å².